The quantitative estimate of drug-likeness (QED) is 0.778. The summed E-state index contributed by atoms with van der Waals surface area (Å²) < 4.78 is 37.4. The van der Waals surface area contributed by atoms with Gasteiger partial charge in [-0.25, -0.2) is 0 Å². The normalized spacial score (nSPS) is 15.7. The van der Waals surface area contributed by atoms with E-state index in [0.717, 1.165) is 18.9 Å². The third-order valence-electron chi connectivity index (χ3n) is 3.18. The number of carbonyl (C=O) groups is 1. The first-order valence-corrected chi connectivity index (χ1v) is 6.15. The summed E-state index contributed by atoms with van der Waals surface area (Å²) in [6.07, 6.45) is -0.662. The molecule has 98 valence electrons. The number of carbonyl (C=O) groups excluding carboxylic acids is 1. The fraction of sp³-hybridized carbons (Fsp3) is 0.500. The lowest BCUT2D eigenvalue weighted by molar-refractivity contribution is -0.137. The van der Waals surface area contributed by atoms with Crippen molar-refractivity contribution in [3.05, 3.63) is 35.4 Å². The number of alkyl halides is 3. The van der Waals surface area contributed by atoms with Crippen molar-refractivity contribution < 1.29 is 18.0 Å². The van der Waals surface area contributed by atoms with Gasteiger partial charge in [0.25, 0.3) is 0 Å². The summed E-state index contributed by atoms with van der Waals surface area (Å²) in [7, 11) is 0. The van der Waals surface area contributed by atoms with Gasteiger partial charge in [-0.1, -0.05) is 18.2 Å². The van der Waals surface area contributed by atoms with Gasteiger partial charge in [0.1, 0.15) is 5.78 Å². The van der Waals surface area contributed by atoms with E-state index in [2.05, 4.69) is 0 Å². The van der Waals surface area contributed by atoms with Crippen LogP contribution in [0.3, 0.4) is 0 Å². The predicted octanol–water partition coefficient (Wildman–Crippen LogP) is 4.01. The Morgan fingerprint density at radius 2 is 2.00 bits per heavy atom. The molecule has 1 nitrogen and oxygen atoms in total. The molecule has 0 atom stereocenters. The van der Waals surface area contributed by atoms with Crippen molar-refractivity contribution >= 4 is 5.78 Å². The zero-order chi connectivity index (χ0) is 13.2. The number of hydrogen-bond acceptors (Lipinski definition) is 1. The highest BCUT2D eigenvalue weighted by Gasteiger charge is 2.30. The van der Waals surface area contributed by atoms with Crippen LogP contribution in [0.2, 0.25) is 0 Å². The van der Waals surface area contributed by atoms with Crippen LogP contribution < -0.4 is 0 Å². The van der Waals surface area contributed by atoms with Crippen molar-refractivity contribution in [3.63, 3.8) is 0 Å². The second-order valence-corrected chi connectivity index (χ2v) is 4.79. The van der Waals surface area contributed by atoms with Crippen LogP contribution in [0.15, 0.2) is 24.3 Å². The van der Waals surface area contributed by atoms with E-state index >= 15 is 0 Å². The summed E-state index contributed by atoms with van der Waals surface area (Å²) in [6.45, 7) is 0. The van der Waals surface area contributed by atoms with Crippen molar-refractivity contribution in [2.75, 3.05) is 0 Å². The third kappa shape index (κ3) is 3.59. The maximum Gasteiger partial charge on any atom is 0.416 e. The molecule has 1 aromatic rings. The van der Waals surface area contributed by atoms with Gasteiger partial charge in [-0.3, -0.25) is 4.79 Å². The zero-order valence-corrected chi connectivity index (χ0v) is 9.96. The predicted molar refractivity (Wildman–Crippen MR) is 62.1 cm³/mol. The highest BCUT2D eigenvalue weighted by molar-refractivity contribution is 5.83. The van der Waals surface area contributed by atoms with Gasteiger partial charge in [0.05, 0.1) is 5.56 Å². The van der Waals surface area contributed by atoms with Crippen molar-refractivity contribution in [1.82, 2.24) is 0 Å². The lowest BCUT2D eigenvalue weighted by atomic mass is 10.0. The molecule has 0 bridgehead atoms. The van der Waals surface area contributed by atoms with E-state index in [-0.39, 0.29) is 11.7 Å². The van der Waals surface area contributed by atoms with Gasteiger partial charge in [-0.05, 0) is 37.3 Å². The van der Waals surface area contributed by atoms with Gasteiger partial charge in [-0.2, -0.15) is 13.2 Å². The summed E-state index contributed by atoms with van der Waals surface area (Å²) in [6, 6.07) is 5.33. The Morgan fingerprint density at radius 1 is 1.28 bits per heavy atom. The molecule has 0 radical (unpaired) electrons. The van der Waals surface area contributed by atoms with Crippen LogP contribution in [0.25, 0.3) is 0 Å². The third-order valence-corrected chi connectivity index (χ3v) is 3.18. The minimum Gasteiger partial charge on any atom is -0.299 e. The Bertz CT molecular complexity index is 433. The van der Waals surface area contributed by atoms with E-state index in [0.29, 0.717) is 24.8 Å². The molecule has 2 rings (SSSR count). The minimum absolute atomic E-state index is 0.242. The van der Waals surface area contributed by atoms with Crippen LogP contribution in [0, 0.1) is 5.92 Å². The minimum atomic E-state index is -4.29. The van der Waals surface area contributed by atoms with Gasteiger partial charge >= 0.3 is 6.18 Å². The molecule has 0 N–H and O–H groups in total. The molecular formula is C14H15F3O. The van der Waals surface area contributed by atoms with Crippen LogP contribution in [0.4, 0.5) is 13.2 Å². The van der Waals surface area contributed by atoms with E-state index in [1.165, 1.54) is 12.1 Å². The second kappa shape index (κ2) is 5.12. The van der Waals surface area contributed by atoms with Crippen molar-refractivity contribution in [2.45, 2.75) is 38.3 Å². The fourth-order valence-electron chi connectivity index (χ4n) is 1.98. The lowest BCUT2D eigenvalue weighted by Crippen LogP contribution is -2.05. The Labute approximate surface area is 104 Å². The first-order chi connectivity index (χ1) is 8.47. The first kappa shape index (κ1) is 13.1. The summed E-state index contributed by atoms with van der Waals surface area (Å²) in [4.78, 5) is 11.4. The number of halogens is 3. The van der Waals surface area contributed by atoms with Gasteiger partial charge in [-0.15, -0.1) is 0 Å². The van der Waals surface area contributed by atoms with Crippen molar-refractivity contribution in [1.29, 1.82) is 0 Å². The second-order valence-electron chi connectivity index (χ2n) is 4.79. The summed E-state index contributed by atoms with van der Waals surface area (Å²) in [5.41, 5.74) is 0.0296. The largest absolute Gasteiger partial charge is 0.416 e. The molecule has 18 heavy (non-hydrogen) atoms. The van der Waals surface area contributed by atoms with Crippen LogP contribution in [-0.2, 0) is 17.4 Å². The average molecular weight is 256 g/mol. The number of ketones is 1. The molecule has 0 heterocycles. The standard InChI is InChI=1S/C14H15F3O/c15-14(16,17)12-5-1-3-10(9-12)4-2-6-13(18)11-7-8-11/h1,3,5,9,11H,2,4,6-8H2. The molecule has 1 fully saturated rings. The fourth-order valence-corrected chi connectivity index (χ4v) is 1.98. The van der Waals surface area contributed by atoms with E-state index in [9.17, 15) is 18.0 Å². The molecule has 0 saturated heterocycles. The molecule has 0 aromatic heterocycles. The molecule has 1 aliphatic carbocycles. The van der Waals surface area contributed by atoms with Crippen molar-refractivity contribution in [2.24, 2.45) is 5.92 Å². The Kier molecular flexibility index (Phi) is 3.73. The van der Waals surface area contributed by atoms with Gasteiger partial charge in [0.2, 0.25) is 0 Å². The van der Waals surface area contributed by atoms with E-state index in [1.54, 1.807) is 6.07 Å². The smallest absolute Gasteiger partial charge is 0.299 e. The molecule has 0 spiro atoms. The van der Waals surface area contributed by atoms with Crippen molar-refractivity contribution in [3.8, 4) is 0 Å². The molecule has 1 aliphatic rings. The Morgan fingerprint density at radius 3 is 2.61 bits per heavy atom. The molecule has 0 amide bonds. The number of Topliss-reactive ketones (excluding diaryl/α,β-unsaturated/α-hetero) is 1. The maximum absolute atomic E-state index is 12.5. The molecule has 4 heteroatoms. The molecule has 1 aromatic carbocycles. The SMILES string of the molecule is O=C(CCCc1cccc(C(F)(F)F)c1)C1CC1. The average Bonchev–Trinajstić information content (AvgIpc) is 3.12. The van der Waals surface area contributed by atoms with Gasteiger partial charge in [0, 0.05) is 12.3 Å². The first-order valence-electron chi connectivity index (χ1n) is 6.15. The number of rotatable bonds is 5. The van der Waals surface area contributed by atoms with E-state index < -0.39 is 11.7 Å². The van der Waals surface area contributed by atoms with Crippen LogP contribution in [0.1, 0.15) is 36.8 Å². The summed E-state index contributed by atoms with van der Waals surface area (Å²) >= 11 is 0. The molecule has 0 aliphatic heterocycles. The van der Waals surface area contributed by atoms with Gasteiger partial charge in [0.15, 0.2) is 0 Å². The number of aryl methyl sites for hydroxylation is 1. The Hall–Kier alpha value is -1.32. The summed E-state index contributed by atoms with van der Waals surface area (Å²) in [5.74, 6) is 0.508. The van der Waals surface area contributed by atoms with Crippen LogP contribution >= 0.6 is 0 Å². The molecule has 1 saturated carbocycles. The monoisotopic (exact) mass is 256 g/mol. The Balaban J connectivity index is 1.87. The zero-order valence-electron chi connectivity index (χ0n) is 9.96. The van der Waals surface area contributed by atoms with Gasteiger partial charge < -0.3 is 0 Å². The van der Waals surface area contributed by atoms with Crippen LogP contribution in [0.5, 0.6) is 0 Å². The highest BCUT2D eigenvalue weighted by Crippen LogP contribution is 2.32. The summed E-state index contributed by atoms with van der Waals surface area (Å²) in [5, 5.41) is 0. The highest BCUT2D eigenvalue weighted by atomic mass is 19.4. The number of hydrogen-bond donors (Lipinski definition) is 0. The van der Waals surface area contributed by atoms with E-state index in [1.807, 2.05) is 0 Å². The topological polar surface area (TPSA) is 17.1 Å². The number of benzene rings is 1. The van der Waals surface area contributed by atoms with Crippen LogP contribution in [-0.4, -0.2) is 5.78 Å². The lowest BCUT2D eigenvalue weighted by Gasteiger charge is -2.08. The van der Waals surface area contributed by atoms with E-state index in [4.69, 9.17) is 0 Å². The molecule has 0 unspecified atom stereocenters. The maximum atomic E-state index is 12.5. The molecular weight excluding hydrogens is 241 g/mol.